The Morgan fingerprint density at radius 2 is 2.06 bits per heavy atom. The van der Waals surface area contributed by atoms with Gasteiger partial charge in [-0.15, -0.1) is 11.8 Å². The normalized spacial score (nSPS) is 17.6. The van der Waals surface area contributed by atoms with E-state index in [4.69, 9.17) is 20.7 Å². The van der Waals surface area contributed by atoms with E-state index in [1.807, 2.05) is 12.4 Å². The number of hydrogen-bond donors (Lipinski definition) is 4. The SMILES string of the molecule is Cc1ccc(SC(C)C)cc1-c1nn(C/C(N)=C/NC2CCN([C@@H]3CCOC3)CC2)cc1NC(=O)c1cnn2cccnc12.OCF. The fourth-order valence-electron chi connectivity index (χ4n) is 5.87. The number of fused-ring (bicyclic) bond motifs is 1. The van der Waals surface area contributed by atoms with Crippen LogP contribution in [0.15, 0.2) is 65.8 Å². The number of nitrogens with zero attached hydrogens (tertiary/aromatic N) is 6. The molecule has 252 valence electrons. The number of aliphatic hydroxyl groups is 1. The van der Waals surface area contributed by atoms with Crippen LogP contribution in [0.2, 0.25) is 0 Å². The molecule has 1 aromatic carbocycles. The van der Waals surface area contributed by atoms with Crippen LogP contribution in [0, 0.1) is 6.92 Å². The van der Waals surface area contributed by atoms with Gasteiger partial charge < -0.3 is 26.2 Å². The molecule has 5 N–H and O–H groups in total. The number of allylic oxidation sites excluding steroid dienone is 1. The summed E-state index contributed by atoms with van der Waals surface area (Å²) in [6.45, 7) is 9.41. The molecule has 0 bridgehead atoms. The van der Waals surface area contributed by atoms with Crippen LogP contribution >= 0.6 is 11.8 Å². The van der Waals surface area contributed by atoms with Gasteiger partial charge in [-0.1, -0.05) is 19.9 Å². The average molecular weight is 666 g/mol. The molecular formula is C33H44FN9O3S. The highest BCUT2D eigenvalue weighted by Crippen LogP contribution is 2.34. The summed E-state index contributed by atoms with van der Waals surface area (Å²) in [4.78, 5) is 21.5. The fraction of sp³-hybridized carbons (Fsp3) is 0.455. The lowest BCUT2D eigenvalue weighted by Crippen LogP contribution is -2.46. The number of carbonyl (C=O) groups is 1. The standard InChI is InChI=1S/C32H41N9O2S.CH3FO/c1-21(2)44-26-6-5-22(3)27(15-26)30-29(37-32(42)28-17-36-41-11-4-10-34-31(28)41)19-40(38-30)18-23(33)16-35-24-7-12-39(13-8-24)25-9-14-43-20-25;2-1-3/h4-6,10-11,15-17,19,21,24-25,35H,7-9,12-14,18,20,33H2,1-3H3,(H,37,42);3H,1H2/b23-16-;/t25-;/m1./s1. The summed E-state index contributed by atoms with van der Waals surface area (Å²) in [5, 5.41) is 23.2. The van der Waals surface area contributed by atoms with Gasteiger partial charge in [0.1, 0.15) is 11.3 Å². The maximum absolute atomic E-state index is 13.5. The summed E-state index contributed by atoms with van der Waals surface area (Å²) < 4.78 is 18.8. The molecule has 0 spiro atoms. The molecule has 47 heavy (non-hydrogen) atoms. The van der Waals surface area contributed by atoms with Crippen molar-refractivity contribution in [1.82, 2.24) is 34.6 Å². The molecule has 5 heterocycles. The molecule has 2 fully saturated rings. The van der Waals surface area contributed by atoms with Crippen molar-refractivity contribution in [2.24, 2.45) is 5.73 Å². The predicted octanol–water partition coefficient (Wildman–Crippen LogP) is 4.20. The number of piperidine rings is 1. The van der Waals surface area contributed by atoms with E-state index >= 15 is 0 Å². The minimum atomic E-state index is -1.25. The Kier molecular flexibility index (Phi) is 11.9. The van der Waals surface area contributed by atoms with E-state index in [2.05, 4.69) is 64.6 Å². The highest BCUT2D eigenvalue weighted by molar-refractivity contribution is 7.99. The van der Waals surface area contributed by atoms with Crippen LogP contribution < -0.4 is 16.4 Å². The lowest BCUT2D eigenvalue weighted by molar-refractivity contribution is 0.102. The lowest BCUT2D eigenvalue weighted by atomic mass is 10.0. The van der Waals surface area contributed by atoms with Crippen molar-refractivity contribution >= 4 is 29.0 Å². The first kappa shape index (κ1) is 34.4. The van der Waals surface area contributed by atoms with Crippen LogP contribution in [-0.2, 0) is 11.3 Å². The van der Waals surface area contributed by atoms with Crippen molar-refractivity contribution in [3.8, 4) is 11.3 Å². The third-order valence-corrected chi connectivity index (χ3v) is 9.17. The van der Waals surface area contributed by atoms with E-state index in [1.54, 1.807) is 39.4 Å². The van der Waals surface area contributed by atoms with Crippen molar-refractivity contribution in [2.75, 3.05) is 38.5 Å². The maximum Gasteiger partial charge on any atom is 0.261 e. The van der Waals surface area contributed by atoms with E-state index in [1.165, 1.54) is 6.20 Å². The van der Waals surface area contributed by atoms with Crippen molar-refractivity contribution in [2.45, 2.75) is 68.8 Å². The molecule has 2 saturated heterocycles. The molecule has 1 amide bonds. The monoisotopic (exact) mass is 665 g/mol. The average Bonchev–Trinajstić information content (AvgIpc) is 3.82. The van der Waals surface area contributed by atoms with Crippen molar-refractivity contribution in [3.63, 3.8) is 0 Å². The summed E-state index contributed by atoms with van der Waals surface area (Å²) in [6, 6.07) is 9.10. The second-order valence-electron chi connectivity index (χ2n) is 12.0. The van der Waals surface area contributed by atoms with Crippen LogP contribution in [0.25, 0.3) is 16.9 Å². The molecule has 1 atom stereocenters. The third kappa shape index (κ3) is 8.89. The Hall–Kier alpha value is -3.98. The minimum Gasteiger partial charge on any atom is -0.399 e. The van der Waals surface area contributed by atoms with Crippen LogP contribution in [-0.4, -0.2) is 90.8 Å². The molecule has 12 nitrogen and oxygen atoms in total. The van der Waals surface area contributed by atoms with E-state index < -0.39 is 6.86 Å². The molecule has 0 aliphatic carbocycles. The van der Waals surface area contributed by atoms with Gasteiger partial charge in [-0.2, -0.15) is 10.2 Å². The van der Waals surface area contributed by atoms with Gasteiger partial charge in [-0.25, -0.2) is 13.9 Å². The highest BCUT2D eigenvalue weighted by Gasteiger charge is 2.27. The smallest absolute Gasteiger partial charge is 0.261 e. The fourth-order valence-corrected chi connectivity index (χ4v) is 6.75. The highest BCUT2D eigenvalue weighted by atomic mass is 32.2. The van der Waals surface area contributed by atoms with Gasteiger partial charge >= 0.3 is 0 Å². The molecule has 0 unspecified atom stereocenters. The number of alkyl halides is 1. The van der Waals surface area contributed by atoms with Gasteiger partial charge in [-0.05, 0) is 49.9 Å². The number of likely N-dealkylation sites (tertiary alicyclic amines) is 1. The van der Waals surface area contributed by atoms with Gasteiger partial charge in [0.25, 0.3) is 5.91 Å². The van der Waals surface area contributed by atoms with E-state index in [9.17, 15) is 9.18 Å². The number of benzene rings is 1. The number of aliphatic hydroxyl groups excluding tert-OH is 1. The Bertz CT molecular complexity index is 1660. The molecular weight excluding hydrogens is 621 g/mol. The van der Waals surface area contributed by atoms with E-state index in [0.29, 0.717) is 52.2 Å². The lowest BCUT2D eigenvalue weighted by Gasteiger charge is -2.35. The number of nitrogens with two attached hydrogens (primary N) is 1. The van der Waals surface area contributed by atoms with Crippen LogP contribution in [0.1, 0.15) is 49.0 Å². The number of halogens is 1. The molecule has 4 aromatic rings. The number of rotatable bonds is 10. The Morgan fingerprint density at radius 3 is 2.79 bits per heavy atom. The number of thioether (sulfide) groups is 1. The van der Waals surface area contributed by atoms with E-state index in [-0.39, 0.29) is 5.91 Å². The Labute approximate surface area is 278 Å². The van der Waals surface area contributed by atoms with Gasteiger partial charge in [0.2, 0.25) is 0 Å². The van der Waals surface area contributed by atoms with Crippen molar-refractivity contribution in [1.29, 1.82) is 0 Å². The summed E-state index contributed by atoms with van der Waals surface area (Å²) in [5.74, 6) is -0.300. The topological polar surface area (TPSA) is 148 Å². The second kappa shape index (κ2) is 16.2. The minimum absolute atomic E-state index is 0.300. The summed E-state index contributed by atoms with van der Waals surface area (Å²) in [7, 11) is 0. The van der Waals surface area contributed by atoms with Crippen LogP contribution in [0.5, 0.6) is 0 Å². The number of amides is 1. The quantitative estimate of drug-likeness (QED) is 0.182. The first-order valence-corrected chi connectivity index (χ1v) is 16.8. The molecule has 3 aromatic heterocycles. The number of ether oxygens (including phenoxy) is 1. The first-order chi connectivity index (χ1) is 22.7. The third-order valence-electron chi connectivity index (χ3n) is 8.17. The number of carbonyl (C=O) groups excluding carboxylic acids is 1. The van der Waals surface area contributed by atoms with Crippen LogP contribution in [0.4, 0.5) is 10.1 Å². The molecule has 14 heteroatoms. The summed E-state index contributed by atoms with van der Waals surface area (Å²) in [5.41, 5.74) is 11.4. The molecule has 2 aliphatic rings. The number of hydrogen-bond acceptors (Lipinski definition) is 10. The Balaban J connectivity index is 0.00000139. The van der Waals surface area contributed by atoms with Gasteiger partial charge in [0.15, 0.2) is 12.5 Å². The number of nitrogens with one attached hydrogen (secondary N) is 2. The zero-order valence-electron chi connectivity index (χ0n) is 27.1. The first-order valence-electron chi connectivity index (χ1n) is 15.9. The van der Waals surface area contributed by atoms with Crippen LogP contribution in [0.3, 0.4) is 0 Å². The van der Waals surface area contributed by atoms with E-state index in [0.717, 1.165) is 61.6 Å². The molecule has 0 saturated carbocycles. The van der Waals surface area contributed by atoms with Crippen molar-refractivity contribution in [3.05, 3.63) is 72.1 Å². The Morgan fingerprint density at radius 1 is 1.28 bits per heavy atom. The molecule has 6 rings (SSSR count). The number of aromatic nitrogens is 5. The zero-order chi connectivity index (χ0) is 33.3. The van der Waals surface area contributed by atoms with Gasteiger partial charge in [-0.3, -0.25) is 14.4 Å². The van der Waals surface area contributed by atoms with Gasteiger partial charge in [0, 0.05) is 78.0 Å². The summed E-state index contributed by atoms with van der Waals surface area (Å²) in [6.07, 6.45) is 12.0. The molecule has 0 radical (unpaired) electrons. The molecule has 2 aliphatic heterocycles. The summed E-state index contributed by atoms with van der Waals surface area (Å²) >= 11 is 1.79. The second-order valence-corrected chi connectivity index (χ2v) is 13.6. The predicted molar refractivity (Wildman–Crippen MR) is 182 cm³/mol. The number of anilines is 1. The van der Waals surface area contributed by atoms with Crippen molar-refractivity contribution < 1.29 is 19.0 Å². The maximum atomic E-state index is 13.5. The largest absolute Gasteiger partial charge is 0.399 e. The number of aryl methyl sites for hydroxylation is 1. The van der Waals surface area contributed by atoms with Gasteiger partial charge in [0.05, 0.1) is 25.0 Å². The zero-order valence-corrected chi connectivity index (χ0v) is 27.9.